The quantitative estimate of drug-likeness (QED) is 0.550. The first-order chi connectivity index (χ1) is 7.57. The van der Waals surface area contributed by atoms with E-state index in [1.165, 1.54) is 12.1 Å². The molecule has 2 amide bonds. The van der Waals surface area contributed by atoms with Gasteiger partial charge in [-0.25, -0.2) is 0 Å². The summed E-state index contributed by atoms with van der Waals surface area (Å²) >= 11 is 5.81. The number of amides is 2. The Balaban J connectivity index is 2.69. The molecule has 0 aliphatic carbocycles. The highest BCUT2D eigenvalue weighted by atomic mass is 35.5. The van der Waals surface area contributed by atoms with Crippen LogP contribution in [-0.2, 0) is 4.79 Å². The maximum atomic E-state index is 11.9. The fourth-order valence-corrected chi connectivity index (χ4v) is 1.95. The van der Waals surface area contributed by atoms with Crippen molar-refractivity contribution in [1.29, 1.82) is 0 Å². The molecule has 1 aromatic rings. The van der Waals surface area contributed by atoms with Gasteiger partial charge in [0.2, 0.25) is 0 Å². The molecule has 0 fully saturated rings. The van der Waals surface area contributed by atoms with Gasteiger partial charge in [-0.15, -0.1) is 0 Å². The number of rotatable bonds is 1. The van der Waals surface area contributed by atoms with E-state index in [0.717, 1.165) is 4.90 Å². The number of benzene rings is 1. The second-order valence-electron chi connectivity index (χ2n) is 3.35. The topological polar surface area (TPSA) is 54.5 Å². The van der Waals surface area contributed by atoms with Gasteiger partial charge in [0.1, 0.15) is 0 Å². The van der Waals surface area contributed by atoms with Crippen molar-refractivity contribution < 1.29 is 14.4 Å². The molecule has 1 heterocycles. The van der Waals surface area contributed by atoms with Crippen LogP contribution in [0.2, 0.25) is 5.02 Å². The molecular formula is C11H8ClNO3. The zero-order chi connectivity index (χ0) is 11.9. The van der Waals surface area contributed by atoms with Gasteiger partial charge in [-0.3, -0.25) is 19.3 Å². The number of hydrogen-bond acceptors (Lipinski definition) is 3. The fourth-order valence-electron chi connectivity index (χ4n) is 1.69. The third-order valence-corrected chi connectivity index (χ3v) is 2.79. The van der Waals surface area contributed by atoms with E-state index in [0.29, 0.717) is 0 Å². The Morgan fingerprint density at radius 2 is 1.88 bits per heavy atom. The number of ketones is 1. The van der Waals surface area contributed by atoms with Crippen molar-refractivity contribution >= 4 is 29.2 Å². The number of fused-ring (bicyclic) bond motifs is 1. The summed E-state index contributed by atoms with van der Waals surface area (Å²) in [5.74, 6) is -2.00. The van der Waals surface area contributed by atoms with Crippen LogP contribution in [0.25, 0.3) is 0 Å². The molecule has 1 aliphatic heterocycles. The largest absolute Gasteiger partial charge is 0.301 e. The van der Waals surface area contributed by atoms with E-state index in [1.54, 1.807) is 13.0 Å². The van der Waals surface area contributed by atoms with Crippen LogP contribution in [0.1, 0.15) is 27.6 Å². The number of imide groups is 1. The Kier molecular flexibility index (Phi) is 2.52. The smallest absolute Gasteiger partial charge is 0.283 e. The van der Waals surface area contributed by atoms with E-state index in [4.69, 9.17) is 11.6 Å². The van der Waals surface area contributed by atoms with Crippen LogP contribution in [0, 0.1) is 0 Å². The van der Waals surface area contributed by atoms with Gasteiger partial charge in [0, 0.05) is 6.54 Å². The molecule has 0 unspecified atom stereocenters. The third-order valence-electron chi connectivity index (χ3n) is 2.47. The van der Waals surface area contributed by atoms with Crippen LogP contribution in [0.5, 0.6) is 0 Å². The Morgan fingerprint density at radius 1 is 1.19 bits per heavy atom. The first kappa shape index (κ1) is 10.8. The van der Waals surface area contributed by atoms with Gasteiger partial charge >= 0.3 is 5.91 Å². The minimum atomic E-state index is -0.812. The van der Waals surface area contributed by atoms with Gasteiger partial charge in [-0.1, -0.05) is 17.7 Å². The molecule has 0 saturated carbocycles. The molecule has 5 heteroatoms. The normalized spacial score (nSPS) is 15.4. The summed E-state index contributed by atoms with van der Waals surface area (Å²) in [7, 11) is 0. The van der Waals surface area contributed by atoms with E-state index in [1.807, 2.05) is 0 Å². The molecule has 0 radical (unpaired) electrons. The minimum absolute atomic E-state index is 0.0175. The summed E-state index contributed by atoms with van der Waals surface area (Å²) in [6.45, 7) is 1.81. The van der Waals surface area contributed by atoms with Crippen molar-refractivity contribution in [2.24, 2.45) is 0 Å². The van der Waals surface area contributed by atoms with Crippen LogP contribution in [-0.4, -0.2) is 29.0 Å². The van der Waals surface area contributed by atoms with E-state index in [-0.39, 0.29) is 22.7 Å². The van der Waals surface area contributed by atoms with Crippen molar-refractivity contribution in [3.63, 3.8) is 0 Å². The number of Topliss-reactive ketones (excluding diaryl/α,β-unsaturated/α-hetero) is 1. The van der Waals surface area contributed by atoms with Gasteiger partial charge < -0.3 is 0 Å². The second-order valence-corrected chi connectivity index (χ2v) is 3.75. The number of carbonyl (C=O) groups is 3. The molecule has 1 aromatic carbocycles. The van der Waals surface area contributed by atoms with Gasteiger partial charge in [0.25, 0.3) is 11.7 Å². The lowest BCUT2D eigenvalue weighted by molar-refractivity contribution is -0.124. The van der Waals surface area contributed by atoms with Crippen LogP contribution in [0.3, 0.4) is 0 Å². The molecule has 0 aromatic heterocycles. The summed E-state index contributed by atoms with van der Waals surface area (Å²) in [6, 6.07) is 4.56. The number of carbonyl (C=O) groups excluding carboxylic acids is 3. The maximum Gasteiger partial charge on any atom is 0.301 e. The lowest BCUT2D eigenvalue weighted by Crippen LogP contribution is -2.46. The number of nitrogens with zero attached hydrogens (tertiary/aromatic N) is 1. The lowest BCUT2D eigenvalue weighted by atomic mass is 9.97. The minimum Gasteiger partial charge on any atom is -0.283 e. The molecular weight excluding hydrogens is 230 g/mol. The van der Waals surface area contributed by atoms with Crippen molar-refractivity contribution in [3.8, 4) is 0 Å². The molecule has 4 nitrogen and oxygen atoms in total. The van der Waals surface area contributed by atoms with Crippen LogP contribution >= 0.6 is 11.6 Å². The van der Waals surface area contributed by atoms with Gasteiger partial charge in [-0.2, -0.15) is 0 Å². The zero-order valence-electron chi connectivity index (χ0n) is 8.49. The fraction of sp³-hybridized carbons (Fsp3) is 0.182. The van der Waals surface area contributed by atoms with Crippen molar-refractivity contribution in [2.45, 2.75) is 6.92 Å². The Morgan fingerprint density at radius 3 is 2.50 bits per heavy atom. The molecule has 2 rings (SSSR count). The summed E-state index contributed by atoms with van der Waals surface area (Å²) in [6.07, 6.45) is 0. The summed E-state index contributed by atoms with van der Waals surface area (Å²) in [4.78, 5) is 36.1. The molecule has 16 heavy (non-hydrogen) atoms. The highest BCUT2D eigenvalue weighted by Crippen LogP contribution is 2.26. The van der Waals surface area contributed by atoms with E-state index < -0.39 is 17.6 Å². The number of halogens is 1. The molecule has 1 aliphatic rings. The van der Waals surface area contributed by atoms with Gasteiger partial charge in [0.15, 0.2) is 0 Å². The second kappa shape index (κ2) is 3.72. The summed E-state index contributed by atoms with van der Waals surface area (Å²) in [5, 5.41) is 0.139. The summed E-state index contributed by atoms with van der Waals surface area (Å²) in [5.41, 5.74) is 0.211. The Bertz CT molecular complexity index is 510. The molecule has 82 valence electrons. The number of likely N-dealkylation sites (N-methyl/N-ethyl adjacent to an activating group) is 1. The highest BCUT2D eigenvalue weighted by Gasteiger charge is 2.37. The first-order valence-corrected chi connectivity index (χ1v) is 5.14. The molecule has 0 saturated heterocycles. The average molecular weight is 238 g/mol. The van der Waals surface area contributed by atoms with E-state index in [2.05, 4.69) is 0 Å². The van der Waals surface area contributed by atoms with Crippen molar-refractivity contribution in [3.05, 3.63) is 34.3 Å². The monoisotopic (exact) mass is 237 g/mol. The van der Waals surface area contributed by atoms with Crippen LogP contribution in [0.15, 0.2) is 18.2 Å². The Hall–Kier alpha value is -1.68. The molecule has 0 spiro atoms. The highest BCUT2D eigenvalue weighted by molar-refractivity contribution is 6.52. The summed E-state index contributed by atoms with van der Waals surface area (Å²) < 4.78 is 0. The van der Waals surface area contributed by atoms with Crippen LogP contribution < -0.4 is 0 Å². The predicted octanol–water partition coefficient (Wildman–Crippen LogP) is 1.53. The van der Waals surface area contributed by atoms with Gasteiger partial charge in [0.05, 0.1) is 16.1 Å². The van der Waals surface area contributed by atoms with Crippen molar-refractivity contribution in [1.82, 2.24) is 4.90 Å². The SMILES string of the molecule is CCN1C(=O)C(=O)c2c(Cl)cccc2C1=O. The van der Waals surface area contributed by atoms with Crippen LogP contribution in [0.4, 0.5) is 0 Å². The molecule has 0 bridgehead atoms. The number of hydrogen-bond donors (Lipinski definition) is 0. The first-order valence-electron chi connectivity index (χ1n) is 4.77. The van der Waals surface area contributed by atoms with Gasteiger partial charge in [-0.05, 0) is 19.1 Å². The maximum absolute atomic E-state index is 11.9. The molecule has 0 N–H and O–H groups in total. The Labute approximate surface area is 96.8 Å². The van der Waals surface area contributed by atoms with Crippen molar-refractivity contribution in [2.75, 3.05) is 6.54 Å². The lowest BCUT2D eigenvalue weighted by Gasteiger charge is -2.24. The third kappa shape index (κ3) is 1.34. The molecule has 0 atom stereocenters. The average Bonchev–Trinajstić information content (AvgIpc) is 2.27. The van der Waals surface area contributed by atoms with E-state index >= 15 is 0 Å². The standard InChI is InChI=1S/C11H8ClNO3/c1-2-13-10(15)6-4-3-5-7(12)8(6)9(14)11(13)16/h3-5H,2H2,1H3. The zero-order valence-corrected chi connectivity index (χ0v) is 9.25. The van der Waals surface area contributed by atoms with E-state index in [9.17, 15) is 14.4 Å². The predicted molar refractivity (Wildman–Crippen MR) is 57.5 cm³/mol.